The summed E-state index contributed by atoms with van der Waals surface area (Å²) < 4.78 is 63.3. The molecule has 0 radical (unpaired) electrons. The number of fused-ring (bicyclic) bond motifs is 1. The second kappa shape index (κ2) is 29.9. The summed E-state index contributed by atoms with van der Waals surface area (Å²) in [5.74, 6) is -1.01. The van der Waals surface area contributed by atoms with Crippen LogP contribution in [-0.4, -0.2) is 134 Å². The third-order valence-corrected chi connectivity index (χ3v) is 16.0. The fourth-order valence-corrected chi connectivity index (χ4v) is 11.4. The molecule has 1 aliphatic heterocycles. The Morgan fingerprint density at radius 2 is 1.62 bits per heavy atom. The first kappa shape index (κ1) is 63.1. The van der Waals surface area contributed by atoms with Gasteiger partial charge in [0, 0.05) is 57.7 Å². The van der Waals surface area contributed by atoms with Crippen LogP contribution in [0, 0.1) is 8.99 Å². The number of nitrogens with one attached hydrogen (secondary N) is 3. The van der Waals surface area contributed by atoms with Gasteiger partial charge in [-0.3, -0.25) is 32.5 Å². The number of nitrogens with zero attached hydrogens (tertiary/aromatic N) is 7. The number of hydrogen-bond acceptors (Lipinski definition) is 21. The molecule has 2 aromatic heterocycles. The lowest BCUT2D eigenvalue weighted by molar-refractivity contribution is -0.137. The number of azide groups is 1. The predicted molar refractivity (Wildman–Crippen MR) is 275 cm³/mol. The minimum absolute atomic E-state index is 0.0260. The average Bonchev–Trinajstić information content (AvgIpc) is 3.88. The van der Waals surface area contributed by atoms with Crippen molar-refractivity contribution in [2.45, 2.75) is 122 Å². The zero-order valence-electron chi connectivity index (χ0n) is 40.4. The van der Waals surface area contributed by atoms with Gasteiger partial charge >= 0.3 is 23.5 Å². The number of phosphoric acid groups is 3. The van der Waals surface area contributed by atoms with Crippen molar-refractivity contribution in [1.82, 2.24) is 35.5 Å². The lowest BCUT2D eigenvalue weighted by atomic mass is 9.87. The largest absolute Gasteiger partial charge is 0.508 e. The van der Waals surface area contributed by atoms with E-state index in [1.807, 2.05) is 0 Å². The number of amides is 2. The molecule has 3 heterocycles. The molecule has 34 heteroatoms. The van der Waals surface area contributed by atoms with E-state index in [9.17, 15) is 63.0 Å². The van der Waals surface area contributed by atoms with Crippen LogP contribution >= 0.6 is 57.8 Å². The molecule has 3 aromatic rings. The van der Waals surface area contributed by atoms with Crippen molar-refractivity contribution >= 4 is 97.4 Å². The quantitative estimate of drug-likeness (QED) is 0.00971. The van der Waals surface area contributed by atoms with Crippen LogP contribution in [0.2, 0.25) is 0 Å². The van der Waals surface area contributed by atoms with E-state index in [1.54, 1.807) is 6.07 Å². The molecule has 1 aromatic carbocycles. The number of benzene rings is 1. The van der Waals surface area contributed by atoms with Crippen LogP contribution in [0.5, 0.6) is 5.75 Å². The fourth-order valence-electron chi connectivity index (χ4n) is 7.21. The van der Waals surface area contributed by atoms with Gasteiger partial charge in [0.1, 0.15) is 42.0 Å². The molecule has 29 nitrogen and oxygen atoms in total. The maximum Gasteiger partial charge on any atom is 0.481 e. The highest BCUT2D eigenvalue weighted by Crippen LogP contribution is 2.61. The lowest BCUT2D eigenvalue weighted by Crippen LogP contribution is -2.46. The van der Waals surface area contributed by atoms with Crippen molar-refractivity contribution in [3.63, 3.8) is 0 Å². The lowest BCUT2D eigenvalue weighted by Gasteiger charge is -2.30. The van der Waals surface area contributed by atoms with E-state index in [-0.39, 0.29) is 47.4 Å². The fraction of sp³-hybridized carbons (Fsp3) is 0.650. The number of phenolic OH excluding ortho intramolecular Hbond substituents is 1. The van der Waals surface area contributed by atoms with Gasteiger partial charge in [0.05, 0.1) is 25.2 Å². The molecular weight excluding hydrogens is 1170 g/mol. The number of phenols is 1. The number of aliphatic hydroxyl groups excluding tert-OH is 2. The minimum atomic E-state index is -5.59. The van der Waals surface area contributed by atoms with E-state index in [2.05, 4.69) is 72.4 Å². The number of aliphatic hydroxyl groups is 2. The average molecular weight is 1240 g/mol. The normalized spacial score (nSPS) is 19.1. The second-order valence-electron chi connectivity index (χ2n) is 17.5. The molecule has 0 spiro atoms. The van der Waals surface area contributed by atoms with Crippen molar-refractivity contribution in [3.05, 3.63) is 44.4 Å². The maximum absolute atomic E-state index is 12.8. The number of aromatic nitrogens is 4. The zero-order chi connectivity index (χ0) is 54.7. The SMILES string of the molecule is CC(C)(COP(=O)(O)OP(=O)(O)OC[C@H]1O[C@@H](n2cnc3c(N)ncnc32)[C@H](O)[C@@H]1OP(=O)(O)O)[C@@H](O)C(=O)NCCC(=O)NCCSC(=O)CCCCCCCCCCCNCc1cc(I)c(N=[N+]=[N-])cc1O. The monoisotopic (exact) mass is 1240 g/mol. The summed E-state index contributed by atoms with van der Waals surface area (Å²) in [6.07, 6.45) is 2.85. The first-order valence-electron chi connectivity index (χ1n) is 23.1. The van der Waals surface area contributed by atoms with Crippen molar-refractivity contribution in [2.75, 3.05) is 44.3 Å². The highest BCUT2D eigenvalue weighted by molar-refractivity contribution is 14.1. The Balaban J connectivity index is 1.03. The van der Waals surface area contributed by atoms with Gasteiger partial charge in [-0.05, 0) is 59.6 Å². The Morgan fingerprint density at radius 1 is 0.959 bits per heavy atom. The molecule has 4 rings (SSSR count). The third kappa shape index (κ3) is 21.2. The summed E-state index contributed by atoms with van der Waals surface area (Å²) in [6.45, 7) is 1.83. The van der Waals surface area contributed by atoms with E-state index < -0.39 is 84.6 Å². The number of carbonyl (C=O) groups is 3. The van der Waals surface area contributed by atoms with Crippen LogP contribution in [0.15, 0.2) is 29.9 Å². The molecular formula is C40H63IN11O18P3S. The maximum atomic E-state index is 12.8. The number of rotatable bonds is 34. The van der Waals surface area contributed by atoms with Crippen LogP contribution in [0.4, 0.5) is 11.5 Å². The van der Waals surface area contributed by atoms with Gasteiger partial charge in [-0.1, -0.05) is 75.7 Å². The molecule has 2 unspecified atom stereocenters. The summed E-state index contributed by atoms with van der Waals surface area (Å²) in [4.78, 5) is 91.3. The Bertz CT molecular complexity index is 2560. The molecule has 2 amide bonds. The number of phosphoric ester groups is 3. The molecule has 74 heavy (non-hydrogen) atoms. The van der Waals surface area contributed by atoms with Gasteiger partial charge in [-0.15, -0.1) is 0 Å². The standard InChI is InChI=1S/C40H63IN11O18P3S/c1-40(2,22-67-73(64,65)70-72(62,63)66-21-29-34(69-71(59,60)61)33(56)39(68-29)52-24-49-32-36(42)47-23-48-37(32)52)35(57)38(58)46-15-13-30(54)45-16-17-74-31(55)12-10-8-6-4-3-5-7-9-11-14-44-20-25-18-26(41)27(50-51-43)19-28(25)53/h18-19,23-24,29,33-35,39,44,53,56-57H,3-17,20-22H2,1-2H3,(H,45,54)(H,46,58)(H,62,63)(H,64,65)(H2,42,47,48)(H2,59,60,61)/t29-,33-,34-,35+,39-/m1/s1. The van der Waals surface area contributed by atoms with Crippen LogP contribution in [0.1, 0.15) is 96.3 Å². The van der Waals surface area contributed by atoms with Gasteiger partial charge < -0.3 is 61.3 Å². The summed E-state index contributed by atoms with van der Waals surface area (Å²) >= 11 is 3.19. The summed E-state index contributed by atoms with van der Waals surface area (Å²) in [5.41, 5.74) is 14.0. The van der Waals surface area contributed by atoms with E-state index in [0.29, 0.717) is 24.4 Å². The molecule has 7 atom stereocenters. The summed E-state index contributed by atoms with van der Waals surface area (Å²) in [6, 6.07) is 3.27. The van der Waals surface area contributed by atoms with Crippen LogP contribution in [-0.2, 0) is 57.2 Å². The van der Waals surface area contributed by atoms with E-state index in [1.165, 1.54) is 19.9 Å². The highest BCUT2D eigenvalue weighted by atomic mass is 127. The molecule has 0 aliphatic carbocycles. The number of anilines is 1. The smallest absolute Gasteiger partial charge is 0.481 e. The first-order valence-corrected chi connectivity index (χ1v) is 29.7. The molecule has 414 valence electrons. The minimum Gasteiger partial charge on any atom is -0.508 e. The first-order chi connectivity index (χ1) is 34.8. The number of halogens is 1. The Kier molecular flexibility index (Phi) is 25.5. The number of imidazole rings is 1. The van der Waals surface area contributed by atoms with Gasteiger partial charge in [0.15, 0.2) is 22.8 Å². The van der Waals surface area contributed by atoms with Gasteiger partial charge in [0.25, 0.3) is 0 Å². The number of thioether (sulfide) groups is 1. The number of hydrogen-bond donors (Lipinski definition) is 11. The number of nitrogens with two attached hydrogens (primary N) is 1. The Hall–Kier alpha value is -3.42. The number of ether oxygens (including phenoxy) is 1. The second-order valence-corrected chi connectivity index (χ2v) is 24.1. The summed E-state index contributed by atoms with van der Waals surface area (Å²) in [7, 11) is -16.4. The number of nitrogen functional groups attached to an aromatic ring is 1. The molecule has 12 N–H and O–H groups in total. The van der Waals surface area contributed by atoms with Crippen molar-refractivity contribution < 1.29 is 85.6 Å². The van der Waals surface area contributed by atoms with Gasteiger partial charge in [-0.2, -0.15) is 4.31 Å². The third-order valence-electron chi connectivity index (χ3n) is 11.1. The predicted octanol–water partition coefficient (Wildman–Crippen LogP) is 4.61. The van der Waals surface area contributed by atoms with E-state index >= 15 is 0 Å². The highest BCUT2D eigenvalue weighted by Gasteiger charge is 2.50. The number of aromatic hydroxyl groups is 1. The Morgan fingerprint density at radius 3 is 2.30 bits per heavy atom. The number of carbonyl (C=O) groups excluding carboxylic acids is 3. The van der Waals surface area contributed by atoms with Crippen LogP contribution < -0.4 is 21.7 Å². The molecule has 0 saturated carbocycles. The van der Waals surface area contributed by atoms with Crippen LogP contribution in [0.3, 0.4) is 0 Å². The zero-order valence-corrected chi connectivity index (χ0v) is 46.0. The van der Waals surface area contributed by atoms with E-state index in [4.69, 9.17) is 25.0 Å². The van der Waals surface area contributed by atoms with Crippen molar-refractivity contribution in [3.8, 4) is 5.75 Å². The molecule has 1 aliphatic rings. The topological polar surface area (TPSA) is 445 Å². The van der Waals surface area contributed by atoms with Crippen LogP contribution in [0.25, 0.3) is 21.6 Å². The molecule has 1 saturated heterocycles. The number of unbranched alkanes of at least 4 members (excludes halogenated alkanes) is 8. The molecule has 1 fully saturated rings. The van der Waals surface area contributed by atoms with Gasteiger partial charge in [-0.25, -0.2) is 28.6 Å². The molecule has 0 bridgehead atoms. The Labute approximate surface area is 443 Å². The van der Waals surface area contributed by atoms with E-state index in [0.717, 1.165) is 102 Å². The summed E-state index contributed by atoms with van der Waals surface area (Å²) in [5, 5.41) is 43.7. The van der Waals surface area contributed by atoms with Gasteiger partial charge in [0.2, 0.25) is 11.8 Å². The van der Waals surface area contributed by atoms with Crippen molar-refractivity contribution in [2.24, 2.45) is 10.5 Å². The van der Waals surface area contributed by atoms with Crippen molar-refractivity contribution in [1.29, 1.82) is 0 Å².